The third-order valence-corrected chi connectivity index (χ3v) is 1.97. The second kappa shape index (κ2) is 3.16. The molecule has 0 amide bonds. The van der Waals surface area contributed by atoms with E-state index < -0.39 is 5.97 Å². The van der Waals surface area contributed by atoms with E-state index in [1.807, 2.05) is 0 Å². The highest BCUT2D eigenvalue weighted by Gasteiger charge is 2.12. The summed E-state index contributed by atoms with van der Waals surface area (Å²) in [5.74, 6) is -0.922. The van der Waals surface area contributed by atoms with E-state index in [0.717, 1.165) is 11.1 Å². The van der Waals surface area contributed by atoms with Crippen molar-refractivity contribution < 1.29 is 19.7 Å². The van der Waals surface area contributed by atoms with Crippen molar-refractivity contribution in [1.82, 2.24) is 0 Å². The van der Waals surface area contributed by atoms with E-state index >= 15 is 0 Å². The maximum atomic E-state index is 10.6. The van der Waals surface area contributed by atoms with Crippen LogP contribution in [0.15, 0.2) is 18.2 Å². The zero-order valence-corrected chi connectivity index (χ0v) is 6.82. The fraction of sp³-hybridized carbons (Fsp3) is 0.222. The fourth-order valence-corrected chi connectivity index (χ4v) is 1.24. The van der Waals surface area contributed by atoms with Gasteiger partial charge < -0.3 is 5.11 Å². The zero-order valence-electron chi connectivity index (χ0n) is 6.82. The Hall–Kier alpha value is -1.39. The number of aromatic carboxylic acids is 1. The third kappa shape index (κ3) is 1.54. The largest absolute Gasteiger partial charge is 0.478 e. The van der Waals surface area contributed by atoms with Crippen LogP contribution in [0.4, 0.5) is 0 Å². The number of benzene rings is 1. The Morgan fingerprint density at radius 1 is 1.23 bits per heavy atom. The smallest absolute Gasteiger partial charge is 0.335 e. The van der Waals surface area contributed by atoms with Crippen LogP contribution >= 0.6 is 0 Å². The quantitative estimate of drug-likeness (QED) is 0.662. The Balaban J connectivity index is 2.40. The van der Waals surface area contributed by atoms with Crippen molar-refractivity contribution in [2.24, 2.45) is 0 Å². The van der Waals surface area contributed by atoms with E-state index in [-0.39, 0.29) is 5.56 Å². The molecule has 13 heavy (non-hydrogen) atoms. The molecule has 1 N–H and O–H groups in total. The summed E-state index contributed by atoms with van der Waals surface area (Å²) in [5.41, 5.74) is 2.15. The van der Waals surface area contributed by atoms with Crippen molar-refractivity contribution in [1.29, 1.82) is 0 Å². The molecular weight excluding hydrogens is 172 g/mol. The first-order valence-electron chi connectivity index (χ1n) is 3.87. The summed E-state index contributed by atoms with van der Waals surface area (Å²) in [7, 11) is 0. The van der Waals surface area contributed by atoms with Gasteiger partial charge in [-0.1, -0.05) is 6.07 Å². The standard InChI is InChI=1S/C9H8O4/c10-9(11)6-1-2-7-4-12-13-5-8(7)3-6/h1-3H,4-5H2,(H,10,11). The SMILES string of the molecule is O=C(O)c1ccc2c(c1)COOC2. The highest BCUT2D eigenvalue weighted by atomic mass is 17.2. The highest BCUT2D eigenvalue weighted by Crippen LogP contribution is 2.18. The van der Waals surface area contributed by atoms with Crippen LogP contribution in [0.25, 0.3) is 0 Å². The molecule has 0 unspecified atom stereocenters. The Kier molecular flexibility index (Phi) is 2.00. The highest BCUT2D eigenvalue weighted by molar-refractivity contribution is 5.87. The zero-order chi connectivity index (χ0) is 9.26. The molecule has 1 aromatic carbocycles. The van der Waals surface area contributed by atoms with Gasteiger partial charge in [0, 0.05) is 0 Å². The van der Waals surface area contributed by atoms with Gasteiger partial charge in [-0.3, -0.25) is 0 Å². The van der Waals surface area contributed by atoms with Gasteiger partial charge in [0.05, 0.1) is 5.56 Å². The second-order valence-electron chi connectivity index (χ2n) is 2.81. The van der Waals surface area contributed by atoms with E-state index in [2.05, 4.69) is 0 Å². The molecule has 1 heterocycles. The van der Waals surface area contributed by atoms with Crippen molar-refractivity contribution in [3.8, 4) is 0 Å². The average Bonchev–Trinajstić information content (AvgIpc) is 2.17. The molecule has 1 aliphatic heterocycles. The lowest BCUT2D eigenvalue weighted by Gasteiger charge is -2.15. The Morgan fingerprint density at radius 2 is 1.92 bits per heavy atom. The summed E-state index contributed by atoms with van der Waals surface area (Å²) in [6, 6.07) is 4.93. The minimum absolute atomic E-state index is 0.282. The van der Waals surface area contributed by atoms with Gasteiger partial charge in [-0.25, -0.2) is 14.6 Å². The van der Waals surface area contributed by atoms with Gasteiger partial charge in [0.15, 0.2) is 0 Å². The van der Waals surface area contributed by atoms with E-state index in [4.69, 9.17) is 14.9 Å². The number of carbonyl (C=O) groups is 1. The molecule has 0 aromatic heterocycles. The van der Waals surface area contributed by atoms with Crippen molar-refractivity contribution in [2.75, 3.05) is 0 Å². The van der Waals surface area contributed by atoms with E-state index in [1.54, 1.807) is 18.2 Å². The number of fused-ring (bicyclic) bond motifs is 1. The van der Waals surface area contributed by atoms with Crippen LogP contribution in [-0.4, -0.2) is 11.1 Å². The van der Waals surface area contributed by atoms with Crippen LogP contribution < -0.4 is 0 Å². The number of rotatable bonds is 1. The van der Waals surface area contributed by atoms with Gasteiger partial charge in [-0.15, -0.1) is 0 Å². The fourth-order valence-electron chi connectivity index (χ4n) is 1.24. The molecule has 1 aromatic rings. The summed E-state index contributed by atoms with van der Waals surface area (Å²) in [6.45, 7) is 0.700. The monoisotopic (exact) mass is 180 g/mol. The van der Waals surface area contributed by atoms with Crippen LogP contribution in [0.5, 0.6) is 0 Å². The number of carboxylic acids is 1. The molecule has 0 saturated heterocycles. The lowest BCUT2D eigenvalue weighted by molar-refractivity contribution is -0.322. The molecule has 4 nitrogen and oxygen atoms in total. The molecule has 0 atom stereocenters. The van der Waals surface area contributed by atoms with Crippen molar-refractivity contribution >= 4 is 5.97 Å². The molecular formula is C9H8O4. The van der Waals surface area contributed by atoms with E-state index in [9.17, 15) is 4.79 Å². The summed E-state index contributed by atoms with van der Waals surface area (Å²) in [6.07, 6.45) is 0. The first-order valence-corrected chi connectivity index (χ1v) is 3.87. The Bertz CT molecular complexity index is 345. The predicted molar refractivity (Wildman–Crippen MR) is 43.0 cm³/mol. The van der Waals surface area contributed by atoms with Crippen LogP contribution in [0, 0.1) is 0 Å². The van der Waals surface area contributed by atoms with E-state index in [1.165, 1.54) is 0 Å². The molecule has 0 fully saturated rings. The first kappa shape index (κ1) is 8.22. The molecule has 0 aliphatic carbocycles. The van der Waals surface area contributed by atoms with Gasteiger partial charge in [-0.2, -0.15) is 0 Å². The molecule has 0 saturated carbocycles. The molecule has 68 valence electrons. The molecule has 0 radical (unpaired) electrons. The van der Waals surface area contributed by atoms with Crippen LogP contribution in [-0.2, 0) is 23.0 Å². The summed E-state index contributed by atoms with van der Waals surface area (Å²) in [5, 5.41) is 8.71. The summed E-state index contributed by atoms with van der Waals surface area (Å²) < 4.78 is 0. The van der Waals surface area contributed by atoms with Crippen molar-refractivity contribution in [3.05, 3.63) is 34.9 Å². The average molecular weight is 180 g/mol. The lowest BCUT2D eigenvalue weighted by atomic mass is 10.0. The molecule has 4 heteroatoms. The van der Waals surface area contributed by atoms with E-state index in [0.29, 0.717) is 13.2 Å². The molecule has 0 spiro atoms. The summed E-state index contributed by atoms with van der Waals surface area (Å²) in [4.78, 5) is 20.1. The topological polar surface area (TPSA) is 55.8 Å². The molecule has 0 bridgehead atoms. The molecule has 1 aliphatic rings. The number of hydrogen-bond acceptors (Lipinski definition) is 3. The number of carboxylic acid groups (broad SMARTS) is 1. The number of hydrogen-bond donors (Lipinski definition) is 1. The van der Waals surface area contributed by atoms with Gasteiger partial charge in [0.25, 0.3) is 0 Å². The van der Waals surface area contributed by atoms with Crippen molar-refractivity contribution in [2.45, 2.75) is 13.2 Å². The van der Waals surface area contributed by atoms with Gasteiger partial charge in [-0.05, 0) is 23.3 Å². The first-order chi connectivity index (χ1) is 6.27. The van der Waals surface area contributed by atoms with Gasteiger partial charge in [0.2, 0.25) is 0 Å². The molecule has 2 rings (SSSR count). The van der Waals surface area contributed by atoms with Crippen LogP contribution in [0.1, 0.15) is 21.5 Å². The maximum Gasteiger partial charge on any atom is 0.335 e. The predicted octanol–water partition coefficient (Wildman–Crippen LogP) is 1.35. The third-order valence-electron chi connectivity index (χ3n) is 1.97. The van der Waals surface area contributed by atoms with Gasteiger partial charge in [0.1, 0.15) is 13.2 Å². The van der Waals surface area contributed by atoms with Crippen molar-refractivity contribution in [3.63, 3.8) is 0 Å². The van der Waals surface area contributed by atoms with Crippen LogP contribution in [0.2, 0.25) is 0 Å². The minimum atomic E-state index is -0.922. The summed E-state index contributed by atoms with van der Waals surface area (Å²) >= 11 is 0. The second-order valence-corrected chi connectivity index (χ2v) is 2.81. The Labute approximate surface area is 74.6 Å². The van der Waals surface area contributed by atoms with Crippen LogP contribution in [0.3, 0.4) is 0 Å². The minimum Gasteiger partial charge on any atom is -0.478 e. The normalized spacial score (nSPS) is 15.1. The maximum absolute atomic E-state index is 10.6. The Morgan fingerprint density at radius 3 is 2.62 bits per heavy atom. The lowest BCUT2D eigenvalue weighted by Crippen LogP contribution is -2.09. The van der Waals surface area contributed by atoms with Gasteiger partial charge >= 0.3 is 5.97 Å².